The highest BCUT2D eigenvalue weighted by Crippen LogP contribution is 2.31. The molecule has 3 heterocycles. The Labute approximate surface area is 175 Å². The van der Waals surface area contributed by atoms with E-state index in [1.807, 2.05) is 30.5 Å². The molecular weight excluding hydrogens is 408 g/mol. The summed E-state index contributed by atoms with van der Waals surface area (Å²) in [6.45, 7) is 1.82. The summed E-state index contributed by atoms with van der Waals surface area (Å²) in [5, 5.41) is 8.12. The number of nitrogens with zero attached hydrogens (tertiary/aromatic N) is 2. The minimum Gasteiger partial charge on any atom is -0.318 e. The van der Waals surface area contributed by atoms with Gasteiger partial charge in [0.2, 0.25) is 5.91 Å². The average molecular weight is 427 g/mol. The molecule has 0 saturated carbocycles. The highest BCUT2D eigenvalue weighted by atomic mass is 32.1. The lowest BCUT2D eigenvalue weighted by Gasteiger charge is -2.25. The summed E-state index contributed by atoms with van der Waals surface area (Å²) in [6, 6.07) is 12.3. The van der Waals surface area contributed by atoms with Gasteiger partial charge in [0.25, 0.3) is 5.91 Å². The van der Waals surface area contributed by atoms with E-state index in [2.05, 4.69) is 15.7 Å². The van der Waals surface area contributed by atoms with Crippen LogP contribution in [0, 0.1) is 0 Å². The zero-order chi connectivity index (χ0) is 20.4. The Morgan fingerprint density at radius 1 is 1.17 bits per heavy atom. The molecule has 3 aromatic rings. The number of benzene rings is 1. The van der Waals surface area contributed by atoms with Crippen molar-refractivity contribution in [2.45, 2.75) is 25.3 Å². The van der Waals surface area contributed by atoms with Gasteiger partial charge in [0.15, 0.2) is 0 Å². The zero-order valence-corrected chi connectivity index (χ0v) is 17.2. The molecule has 1 aromatic carbocycles. The molecule has 1 atom stereocenters. The van der Waals surface area contributed by atoms with Gasteiger partial charge in [-0.05, 0) is 23.4 Å². The summed E-state index contributed by atoms with van der Waals surface area (Å²) in [7, 11) is 0. The maximum atomic E-state index is 13.0. The highest BCUT2D eigenvalue weighted by Gasteiger charge is 2.52. The van der Waals surface area contributed by atoms with Crippen molar-refractivity contribution < 1.29 is 14.4 Å². The number of imide groups is 1. The van der Waals surface area contributed by atoms with E-state index in [0.717, 1.165) is 14.9 Å². The number of aromatic nitrogens is 1. The molecule has 0 bridgehead atoms. The summed E-state index contributed by atoms with van der Waals surface area (Å²) >= 11 is 3.03. The number of urea groups is 1. The Kier molecular flexibility index (Phi) is 5.16. The predicted molar refractivity (Wildman–Crippen MR) is 111 cm³/mol. The second-order valence-electron chi connectivity index (χ2n) is 6.53. The molecule has 9 heteroatoms. The van der Waals surface area contributed by atoms with Gasteiger partial charge in [-0.1, -0.05) is 43.3 Å². The zero-order valence-electron chi connectivity index (χ0n) is 15.5. The van der Waals surface area contributed by atoms with Crippen LogP contribution in [0.4, 0.5) is 4.79 Å². The van der Waals surface area contributed by atoms with Crippen LogP contribution in [0.2, 0.25) is 0 Å². The Balaban J connectivity index is 1.47. The maximum Gasteiger partial charge on any atom is 0.344 e. The van der Waals surface area contributed by atoms with Crippen LogP contribution in [0.5, 0.6) is 0 Å². The van der Waals surface area contributed by atoms with Crippen molar-refractivity contribution in [1.82, 2.24) is 20.7 Å². The summed E-state index contributed by atoms with van der Waals surface area (Å²) < 4.78 is 0. The Morgan fingerprint density at radius 3 is 2.66 bits per heavy atom. The predicted octanol–water partition coefficient (Wildman–Crippen LogP) is 3.30. The first-order valence-electron chi connectivity index (χ1n) is 9.03. The molecule has 0 spiro atoms. The van der Waals surface area contributed by atoms with Gasteiger partial charge >= 0.3 is 6.03 Å². The quantitative estimate of drug-likeness (QED) is 0.592. The third-order valence-electron chi connectivity index (χ3n) is 4.75. The number of amides is 4. The Morgan fingerprint density at radius 2 is 1.97 bits per heavy atom. The molecule has 2 N–H and O–H groups in total. The fourth-order valence-electron chi connectivity index (χ4n) is 3.27. The van der Waals surface area contributed by atoms with E-state index in [1.54, 1.807) is 41.0 Å². The van der Waals surface area contributed by atoms with Crippen LogP contribution in [-0.4, -0.2) is 27.8 Å². The van der Waals surface area contributed by atoms with E-state index in [4.69, 9.17) is 0 Å². The summed E-state index contributed by atoms with van der Waals surface area (Å²) in [5.74, 6) is -0.974. The molecule has 1 saturated heterocycles. The molecule has 29 heavy (non-hydrogen) atoms. The Bertz CT molecular complexity index is 1050. The molecule has 4 amide bonds. The lowest BCUT2D eigenvalue weighted by atomic mass is 9.87. The molecular formula is C20H18N4O3S2. The van der Waals surface area contributed by atoms with Crippen LogP contribution in [-0.2, 0) is 21.5 Å². The third-order valence-corrected chi connectivity index (χ3v) is 6.68. The normalized spacial score (nSPS) is 18.7. The second-order valence-corrected chi connectivity index (χ2v) is 8.33. The van der Waals surface area contributed by atoms with E-state index in [1.165, 1.54) is 11.3 Å². The topological polar surface area (TPSA) is 91.4 Å². The van der Waals surface area contributed by atoms with Crippen LogP contribution in [0.25, 0.3) is 9.88 Å². The number of carbonyl (C=O) groups excluding carboxylic acids is 3. The average Bonchev–Trinajstić information content (AvgIpc) is 3.46. The van der Waals surface area contributed by atoms with Gasteiger partial charge in [0, 0.05) is 5.38 Å². The third kappa shape index (κ3) is 3.54. The molecule has 1 unspecified atom stereocenters. The molecule has 1 fully saturated rings. The minimum absolute atomic E-state index is 0.0244. The molecule has 1 aliphatic heterocycles. The smallest absolute Gasteiger partial charge is 0.318 e. The van der Waals surface area contributed by atoms with Crippen molar-refractivity contribution >= 4 is 40.5 Å². The molecule has 0 radical (unpaired) electrons. The van der Waals surface area contributed by atoms with Gasteiger partial charge in [-0.3, -0.25) is 15.0 Å². The van der Waals surface area contributed by atoms with Gasteiger partial charge in [0.05, 0.1) is 17.0 Å². The van der Waals surface area contributed by atoms with Crippen molar-refractivity contribution in [3.05, 3.63) is 64.5 Å². The van der Waals surface area contributed by atoms with Crippen molar-refractivity contribution in [3.63, 3.8) is 0 Å². The lowest BCUT2D eigenvalue weighted by molar-refractivity contribution is -0.139. The largest absolute Gasteiger partial charge is 0.344 e. The summed E-state index contributed by atoms with van der Waals surface area (Å²) in [5.41, 5.74) is 2.52. The van der Waals surface area contributed by atoms with Crippen LogP contribution >= 0.6 is 22.7 Å². The lowest BCUT2D eigenvalue weighted by Crippen LogP contribution is -2.49. The van der Waals surface area contributed by atoms with Gasteiger partial charge < -0.3 is 5.32 Å². The number of thiazole rings is 1. The van der Waals surface area contributed by atoms with Gasteiger partial charge in [-0.25, -0.2) is 9.78 Å². The van der Waals surface area contributed by atoms with E-state index < -0.39 is 23.4 Å². The summed E-state index contributed by atoms with van der Waals surface area (Å²) in [6.07, 6.45) is 0.341. The first kappa shape index (κ1) is 19.3. The highest BCUT2D eigenvalue weighted by molar-refractivity contribution is 7.20. The van der Waals surface area contributed by atoms with E-state index in [-0.39, 0.29) is 6.42 Å². The molecule has 148 valence electrons. The number of hydrazine groups is 1. The van der Waals surface area contributed by atoms with Crippen molar-refractivity contribution in [1.29, 1.82) is 0 Å². The van der Waals surface area contributed by atoms with Crippen LogP contribution < -0.4 is 10.7 Å². The van der Waals surface area contributed by atoms with Crippen LogP contribution in [0.1, 0.15) is 24.6 Å². The number of rotatable bonds is 6. The summed E-state index contributed by atoms with van der Waals surface area (Å²) in [4.78, 5) is 43.4. The number of carbonyl (C=O) groups is 3. The SMILES string of the molecule is CCC1(c2ccccc2)NC(=O)N(NC(=O)Cc2csc(-c3cccs3)n2)C1=O. The van der Waals surface area contributed by atoms with E-state index in [9.17, 15) is 14.4 Å². The fraction of sp³-hybridized carbons (Fsp3) is 0.200. The first-order chi connectivity index (χ1) is 14.0. The van der Waals surface area contributed by atoms with E-state index in [0.29, 0.717) is 17.7 Å². The first-order valence-corrected chi connectivity index (χ1v) is 10.8. The minimum atomic E-state index is -1.18. The number of hydrogen-bond donors (Lipinski definition) is 2. The van der Waals surface area contributed by atoms with Gasteiger partial charge in [-0.2, -0.15) is 5.01 Å². The molecule has 4 rings (SSSR count). The fourth-order valence-corrected chi connectivity index (χ4v) is 4.90. The Hall–Kier alpha value is -3.04. The van der Waals surface area contributed by atoms with E-state index >= 15 is 0 Å². The molecule has 0 aliphatic carbocycles. The number of nitrogens with one attached hydrogen (secondary N) is 2. The van der Waals surface area contributed by atoms with Crippen molar-refractivity contribution in [3.8, 4) is 9.88 Å². The molecule has 1 aliphatic rings. The second kappa shape index (κ2) is 7.76. The maximum absolute atomic E-state index is 13.0. The number of hydrogen-bond acceptors (Lipinski definition) is 6. The van der Waals surface area contributed by atoms with Crippen molar-refractivity contribution in [2.24, 2.45) is 0 Å². The van der Waals surface area contributed by atoms with Gasteiger partial charge in [0.1, 0.15) is 10.5 Å². The monoisotopic (exact) mass is 426 g/mol. The number of thiophene rings is 1. The van der Waals surface area contributed by atoms with Crippen molar-refractivity contribution in [2.75, 3.05) is 0 Å². The van der Waals surface area contributed by atoms with Crippen LogP contribution in [0.3, 0.4) is 0 Å². The molecule has 7 nitrogen and oxygen atoms in total. The van der Waals surface area contributed by atoms with Crippen LogP contribution in [0.15, 0.2) is 53.2 Å². The van der Waals surface area contributed by atoms with Gasteiger partial charge in [-0.15, -0.1) is 22.7 Å². The molecule has 2 aromatic heterocycles. The standard InChI is InChI=1S/C20H18N4O3S2/c1-2-20(13-7-4-3-5-8-13)18(26)24(19(27)22-20)23-16(25)11-14-12-29-17(21-14)15-9-6-10-28-15/h3-10,12H,2,11H2,1H3,(H,22,27)(H,23,25).